The molecule has 7 aromatic carbocycles. The van der Waals surface area contributed by atoms with Gasteiger partial charge in [0, 0.05) is 47.3 Å². The van der Waals surface area contributed by atoms with Crippen LogP contribution in [0.1, 0.15) is 5.56 Å². The highest BCUT2D eigenvalue weighted by molar-refractivity contribution is 7.25. The predicted molar refractivity (Wildman–Crippen MR) is 197 cm³/mol. The summed E-state index contributed by atoms with van der Waals surface area (Å²) in [6.07, 6.45) is 0. The molecule has 10 rings (SSSR count). The number of rotatable bonds is 3. The molecular weight excluding hydrogens is 593 g/mol. The molecule has 0 spiro atoms. The van der Waals surface area contributed by atoms with E-state index in [1.807, 2.05) is 29.5 Å². The first-order valence-electron chi connectivity index (χ1n) is 15.7. The van der Waals surface area contributed by atoms with Crippen LogP contribution in [0.15, 0.2) is 150 Å². The van der Waals surface area contributed by atoms with E-state index in [1.54, 1.807) is 0 Å². The Labute approximate surface area is 273 Å². The Kier molecular flexibility index (Phi) is 5.51. The van der Waals surface area contributed by atoms with E-state index in [-0.39, 0.29) is 0 Å². The molecule has 0 radical (unpaired) electrons. The van der Waals surface area contributed by atoms with E-state index >= 15 is 0 Å². The molecule has 47 heavy (non-hydrogen) atoms. The van der Waals surface area contributed by atoms with Crippen LogP contribution in [0.4, 0.5) is 0 Å². The molecule has 0 aliphatic carbocycles. The molecule has 0 unspecified atom stereocenters. The van der Waals surface area contributed by atoms with Crippen LogP contribution in [0, 0.1) is 11.3 Å². The first-order valence-corrected chi connectivity index (χ1v) is 16.5. The smallest absolute Gasteiger partial charge is 0.159 e. The Bertz CT molecular complexity index is 2920. The molecule has 0 amide bonds. The van der Waals surface area contributed by atoms with Crippen molar-refractivity contribution in [2.24, 2.45) is 0 Å². The zero-order chi connectivity index (χ0) is 31.1. The third kappa shape index (κ3) is 3.85. The van der Waals surface area contributed by atoms with Crippen LogP contribution in [0.3, 0.4) is 0 Å². The maximum atomic E-state index is 9.66. The van der Waals surface area contributed by atoms with Gasteiger partial charge in [-0.1, -0.05) is 84.9 Å². The van der Waals surface area contributed by atoms with E-state index in [4.69, 9.17) is 4.42 Å². The maximum Gasteiger partial charge on any atom is 0.159 e. The average molecular weight is 617 g/mol. The van der Waals surface area contributed by atoms with Crippen molar-refractivity contribution in [2.75, 3.05) is 0 Å². The average Bonchev–Trinajstić information content (AvgIpc) is 3.80. The number of benzene rings is 7. The Morgan fingerprint density at radius 3 is 2.13 bits per heavy atom. The van der Waals surface area contributed by atoms with Gasteiger partial charge < -0.3 is 8.98 Å². The number of aromatic nitrogens is 1. The lowest BCUT2D eigenvalue weighted by Crippen LogP contribution is -1.94. The number of furan rings is 1. The van der Waals surface area contributed by atoms with Crippen LogP contribution < -0.4 is 0 Å². The summed E-state index contributed by atoms with van der Waals surface area (Å²) < 4.78 is 11.8. The zero-order valence-corrected chi connectivity index (χ0v) is 25.9. The summed E-state index contributed by atoms with van der Waals surface area (Å²) in [5.74, 6) is 0. The van der Waals surface area contributed by atoms with Crippen LogP contribution in [-0.2, 0) is 0 Å². The lowest BCUT2D eigenvalue weighted by molar-refractivity contribution is 0.667. The van der Waals surface area contributed by atoms with Crippen LogP contribution in [0.25, 0.3) is 91.9 Å². The van der Waals surface area contributed by atoms with Gasteiger partial charge in [-0.3, -0.25) is 0 Å². The molecular formula is C43H24N2OS. The van der Waals surface area contributed by atoms with Gasteiger partial charge in [0.1, 0.15) is 5.58 Å². The van der Waals surface area contributed by atoms with Gasteiger partial charge in [-0.2, -0.15) is 5.26 Å². The summed E-state index contributed by atoms with van der Waals surface area (Å²) in [6, 6.07) is 53.6. The fourth-order valence-corrected chi connectivity index (χ4v) is 8.35. The molecule has 3 nitrogen and oxygen atoms in total. The molecule has 3 heterocycles. The molecule has 0 aliphatic rings. The second-order valence-corrected chi connectivity index (χ2v) is 13.1. The number of thiophene rings is 1. The monoisotopic (exact) mass is 616 g/mol. The van der Waals surface area contributed by atoms with Crippen LogP contribution in [-0.4, -0.2) is 4.57 Å². The van der Waals surface area contributed by atoms with Crippen molar-refractivity contribution in [3.63, 3.8) is 0 Å². The minimum Gasteiger partial charge on any atom is -0.453 e. The largest absolute Gasteiger partial charge is 0.453 e. The topological polar surface area (TPSA) is 41.9 Å². The maximum absolute atomic E-state index is 9.66. The third-order valence-electron chi connectivity index (χ3n) is 9.41. The first-order chi connectivity index (χ1) is 23.2. The van der Waals surface area contributed by atoms with E-state index in [2.05, 4.69) is 138 Å². The highest BCUT2D eigenvalue weighted by Gasteiger charge is 2.21. The first kappa shape index (κ1) is 26.1. The molecule has 0 saturated heterocycles. The van der Waals surface area contributed by atoms with E-state index < -0.39 is 0 Å². The fraction of sp³-hybridized carbons (Fsp3) is 0. The van der Waals surface area contributed by atoms with Gasteiger partial charge in [0.25, 0.3) is 0 Å². The minimum atomic E-state index is 0.649. The van der Waals surface area contributed by atoms with Gasteiger partial charge in [0.05, 0.1) is 28.4 Å². The minimum absolute atomic E-state index is 0.649. The molecule has 0 atom stereocenters. The van der Waals surface area contributed by atoms with Crippen molar-refractivity contribution in [3.8, 4) is 34.0 Å². The van der Waals surface area contributed by atoms with Crippen LogP contribution >= 0.6 is 11.3 Å². The van der Waals surface area contributed by atoms with Gasteiger partial charge in [0.2, 0.25) is 0 Å². The highest BCUT2D eigenvalue weighted by atomic mass is 32.1. The van der Waals surface area contributed by atoms with Gasteiger partial charge in [-0.05, 0) is 77.4 Å². The quantitative estimate of drug-likeness (QED) is 0.198. The van der Waals surface area contributed by atoms with E-state index in [1.165, 1.54) is 25.7 Å². The predicted octanol–water partition coefficient (Wildman–Crippen LogP) is 12.3. The van der Waals surface area contributed by atoms with Crippen molar-refractivity contribution in [3.05, 3.63) is 151 Å². The van der Waals surface area contributed by atoms with Crippen molar-refractivity contribution in [1.29, 1.82) is 5.26 Å². The van der Waals surface area contributed by atoms with Crippen molar-refractivity contribution in [1.82, 2.24) is 4.57 Å². The Balaban J connectivity index is 1.28. The highest BCUT2D eigenvalue weighted by Crippen LogP contribution is 2.44. The Morgan fingerprint density at radius 2 is 1.23 bits per heavy atom. The van der Waals surface area contributed by atoms with Crippen LogP contribution in [0.2, 0.25) is 0 Å². The van der Waals surface area contributed by atoms with Crippen LogP contribution in [0.5, 0.6) is 0 Å². The number of fused-ring (bicyclic) bond motifs is 9. The number of nitrogens with zero attached hydrogens (tertiary/aromatic N) is 2. The third-order valence-corrected chi connectivity index (χ3v) is 10.6. The molecule has 0 saturated carbocycles. The molecule has 0 N–H and O–H groups in total. The summed E-state index contributed by atoms with van der Waals surface area (Å²) in [4.78, 5) is 0. The molecule has 0 aliphatic heterocycles. The summed E-state index contributed by atoms with van der Waals surface area (Å²) >= 11 is 1.84. The van der Waals surface area contributed by atoms with Gasteiger partial charge in [-0.25, -0.2) is 0 Å². The lowest BCUT2D eigenvalue weighted by Gasteiger charge is -2.08. The molecule has 0 fully saturated rings. The van der Waals surface area contributed by atoms with Gasteiger partial charge in [0.15, 0.2) is 5.58 Å². The van der Waals surface area contributed by atoms with Crippen molar-refractivity contribution >= 4 is 75.3 Å². The summed E-state index contributed by atoms with van der Waals surface area (Å²) in [5, 5.41) is 16.6. The fourth-order valence-electron chi connectivity index (χ4n) is 7.27. The van der Waals surface area contributed by atoms with Crippen molar-refractivity contribution in [2.45, 2.75) is 0 Å². The summed E-state index contributed by atoms with van der Waals surface area (Å²) in [6.45, 7) is 0. The Morgan fingerprint density at radius 1 is 0.489 bits per heavy atom. The lowest BCUT2D eigenvalue weighted by atomic mass is 9.95. The molecule has 3 aromatic heterocycles. The van der Waals surface area contributed by atoms with Gasteiger partial charge >= 0.3 is 0 Å². The SMILES string of the molecule is N#Cc1ccc2c(c1)c1ccccc1n2-c1cccc2c1oc1c(-c3ccccc3)cc(-c3ccc4sc5ccccc5c4c3)cc12. The molecule has 0 bridgehead atoms. The van der Waals surface area contributed by atoms with E-state index in [0.717, 1.165) is 66.1 Å². The van der Waals surface area contributed by atoms with E-state index in [0.29, 0.717) is 5.56 Å². The number of para-hydroxylation sites is 2. The number of hydrogen-bond acceptors (Lipinski definition) is 3. The summed E-state index contributed by atoms with van der Waals surface area (Å²) in [5.41, 5.74) is 9.96. The number of nitriles is 1. The van der Waals surface area contributed by atoms with Crippen molar-refractivity contribution < 1.29 is 4.42 Å². The summed E-state index contributed by atoms with van der Waals surface area (Å²) in [7, 11) is 0. The normalized spacial score (nSPS) is 11.8. The standard InChI is InChI=1S/C43H24N2OS/c44-25-26-17-19-38-34(21-26)30-11-4-6-14-37(30)45(38)39-15-8-13-32-36-24-29(23-33(42(36)46-43(32)39)27-9-2-1-3-10-27)28-18-20-41-35(22-28)31-12-5-7-16-40(31)47-41/h1-24H. The second-order valence-electron chi connectivity index (χ2n) is 12.0. The molecule has 218 valence electrons. The van der Waals surface area contributed by atoms with Gasteiger partial charge in [-0.15, -0.1) is 11.3 Å². The molecule has 10 aromatic rings. The zero-order valence-electron chi connectivity index (χ0n) is 25.1. The van der Waals surface area contributed by atoms with E-state index in [9.17, 15) is 5.26 Å². The second kappa shape index (κ2) is 9.92. The molecule has 4 heteroatoms. The number of hydrogen-bond donors (Lipinski definition) is 0. The Hall–Kier alpha value is -6.15.